The van der Waals surface area contributed by atoms with E-state index < -0.39 is 5.97 Å². The number of nitrogens with one attached hydrogen (secondary N) is 1. The Labute approximate surface area is 151 Å². The normalized spacial score (nSPS) is 25.8. The molecule has 2 aliphatic rings. The molecule has 1 aromatic carbocycles. The number of rotatable bonds is 5. The van der Waals surface area contributed by atoms with E-state index >= 15 is 0 Å². The van der Waals surface area contributed by atoms with E-state index in [1.165, 1.54) is 0 Å². The number of H-pyrrole nitrogens is 1. The van der Waals surface area contributed by atoms with Crippen LogP contribution in [-0.2, 0) is 14.3 Å². The summed E-state index contributed by atoms with van der Waals surface area (Å²) in [6, 6.07) is 7.86. The molecule has 0 bridgehead atoms. The third kappa shape index (κ3) is 3.31. The smallest absolute Gasteiger partial charge is 0.303 e. The molecule has 7 nitrogen and oxygen atoms in total. The first-order chi connectivity index (χ1) is 12.6. The Kier molecular flexibility index (Phi) is 4.63. The first kappa shape index (κ1) is 17.0. The highest BCUT2D eigenvalue weighted by atomic mass is 16.5. The number of ether oxygens (including phenoxy) is 1. The van der Waals surface area contributed by atoms with Crippen molar-refractivity contribution >= 4 is 22.9 Å². The minimum Gasteiger partial charge on any atom is -0.481 e. The lowest BCUT2D eigenvalue weighted by Crippen LogP contribution is -2.36. The molecule has 2 aromatic rings. The number of aromatic amines is 1. The van der Waals surface area contributed by atoms with Gasteiger partial charge in [-0.1, -0.05) is 12.1 Å². The highest BCUT2D eigenvalue weighted by Gasteiger charge is 2.39. The Hall–Kier alpha value is -2.41. The van der Waals surface area contributed by atoms with E-state index in [0.717, 1.165) is 36.2 Å². The van der Waals surface area contributed by atoms with Crippen molar-refractivity contribution in [3.8, 4) is 0 Å². The maximum Gasteiger partial charge on any atom is 0.303 e. The molecule has 1 aromatic heterocycles. The van der Waals surface area contributed by atoms with Crippen molar-refractivity contribution in [3.05, 3.63) is 30.1 Å². The maximum atomic E-state index is 13.0. The Bertz CT molecular complexity index is 785. The Morgan fingerprint density at radius 2 is 2.19 bits per heavy atom. The predicted octanol–water partition coefficient (Wildman–Crippen LogP) is 2.50. The molecule has 1 amide bonds. The van der Waals surface area contributed by atoms with E-state index in [1.807, 2.05) is 29.2 Å². The molecule has 3 heterocycles. The number of amides is 1. The Balaban J connectivity index is 1.44. The van der Waals surface area contributed by atoms with Gasteiger partial charge >= 0.3 is 5.97 Å². The summed E-state index contributed by atoms with van der Waals surface area (Å²) in [5.41, 5.74) is 1.90. The average molecular weight is 357 g/mol. The van der Waals surface area contributed by atoms with Crippen LogP contribution in [0.5, 0.6) is 0 Å². The number of carbonyl (C=O) groups excluding carboxylic acids is 1. The fraction of sp³-hybridized carbons (Fsp3) is 0.526. The number of hydrogen-bond donors (Lipinski definition) is 2. The van der Waals surface area contributed by atoms with E-state index in [0.29, 0.717) is 19.4 Å². The van der Waals surface area contributed by atoms with Gasteiger partial charge in [-0.2, -0.15) is 0 Å². The molecule has 2 saturated heterocycles. The predicted molar refractivity (Wildman–Crippen MR) is 94.5 cm³/mol. The number of hydrogen-bond acceptors (Lipinski definition) is 4. The third-order valence-electron chi connectivity index (χ3n) is 5.37. The number of nitrogens with zero attached hydrogens (tertiary/aromatic N) is 2. The number of aliphatic carboxylic acids is 1. The van der Waals surface area contributed by atoms with Gasteiger partial charge in [-0.3, -0.25) is 9.59 Å². The Morgan fingerprint density at radius 1 is 1.35 bits per heavy atom. The van der Waals surface area contributed by atoms with Gasteiger partial charge in [0, 0.05) is 13.0 Å². The molecular formula is C19H23N3O4. The molecule has 4 rings (SSSR count). The van der Waals surface area contributed by atoms with Crippen molar-refractivity contribution in [2.24, 2.45) is 5.92 Å². The number of fused-ring (bicyclic) bond motifs is 1. The molecule has 0 spiro atoms. The van der Waals surface area contributed by atoms with Crippen molar-refractivity contribution in [3.63, 3.8) is 0 Å². The van der Waals surface area contributed by atoms with Gasteiger partial charge < -0.3 is 19.7 Å². The number of aromatic nitrogens is 2. The summed E-state index contributed by atoms with van der Waals surface area (Å²) in [5, 5.41) is 8.80. The van der Waals surface area contributed by atoms with Crippen molar-refractivity contribution in [2.75, 3.05) is 13.2 Å². The van der Waals surface area contributed by atoms with Crippen LogP contribution in [0, 0.1) is 5.92 Å². The largest absolute Gasteiger partial charge is 0.481 e. The van der Waals surface area contributed by atoms with Gasteiger partial charge in [0.1, 0.15) is 5.82 Å². The summed E-state index contributed by atoms with van der Waals surface area (Å²) in [5.74, 6) is -0.0594. The molecule has 26 heavy (non-hydrogen) atoms. The monoisotopic (exact) mass is 357 g/mol. The Morgan fingerprint density at radius 3 is 3.00 bits per heavy atom. The zero-order chi connectivity index (χ0) is 18.1. The van der Waals surface area contributed by atoms with E-state index in [9.17, 15) is 9.59 Å². The second-order valence-electron chi connectivity index (χ2n) is 7.15. The van der Waals surface area contributed by atoms with Crippen LogP contribution in [0.2, 0.25) is 0 Å². The van der Waals surface area contributed by atoms with Gasteiger partial charge in [0.2, 0.25) is 5.91 Å². The SMILES string of the molecule is O=C(O)CCC1CC(C(=O)N2CCCC2c2nc3ccccc3[nH]2)CO1. The zero-order valence-electron chi connectivity index (χ0n) is 14.6. The summed E-state index contributed by atoms with van der Waals surface area (Å²) in [6.07, 6.45) is 2.89. The van der Waals surface area contributed by atoms with E-state index in [4.69, 9.17) is 9.84 Å². The van der Waals surface area contributed by atoms with Crippen LogP contribution < -0.4 is 0 Å². The number of carbonyl (C=O) groups is 2. The highest BCUT2D eigenvalue weighted by Crippen LogP contribution is 2.35. The number of imidazole rings is 1. The molecule has 0 saturated carbocycles. The van der Waals surface area contributed by atoms with Crippen LogP contribution in [0.3, 0.4) is 0 Å². The summed E-state index contributed by atoms with van der Waals surface area (Å²) in [4.78, 5) is 33.7. The van der Waals surface area contributed by atoms with Crippen LogP contribution in [0.1, 0.15) is 44.0 Å². The lowest BCUT2D eigenvalue weighted by Gasteiger charge is -2.25. The van der Waals surface area contributed by atoms with Crippen LogP contribution >= 0.6 is 0 Å². The van der Waals surface area contributed by atoms with Crippen LogP contribution in [0.15, 0.2) is 24.3 Å². The van der Waals surface area contributed by atoms with Gasteiger partial charge in [-0.05, 0) is 37.8 Å². The fourth-order valence-corrected chi connectivity index (χ4v) is 4.04. The summed E-state index contributed by atoms with van der Waals surface area (Å²) in [7, 11) is 0. The molecule has 2 aliphatic heterocycles. The van der Waals surface area contributed by atoms with Crippen LogP contribution in [-0.4, -0.2) is 51.1 Å². The van der Waals surface area contributed by atoms with E-state index in [-0.39, 0.29) is 30.4 Å². The fourth-order valence-electron chi connectivity index (χ4n) is 4.04. The summed E-state index contributed by atoms with van der Waals surface area (Å²) < 4.78 is 5.65. The number of carboxylic acids is 1. The van der Waals surface area contributed by atoms with Crippen LogP contribution in [0.25, 0.3) is 11.0 Å². The average Bonchev–Trinajstić information content (AvgIpc) is 3.37. The molecule has 138 valence electrons. The lowest BCUT2D eigenvalue weighted by molar-refractivity contribution is -0.138. The van der Waals surface area contributed by atoms with Crippen molar-refractivity contribution in [1.29, 1.82) is 0 Å². The molecule has 2 N–H and O–H groups in total. The topological polar surface area (TPSA) is 95.5 Å². The second-order valence-corrected chi connectivity index (χ2v) is 7.15. The van der Waals surface area contributed by atoms with Crippen molar-refractivity contribution < 1.29 is 19.4 Å². The minimum absolute atomic E-state index is 0.0204. The van der Waals surface area contributed by atoms with Gasteiger partial charge in [-0.15, -0.1) is 0 Å². The molecule has 3 atom stereocenters. The van der Waals surface area contributed by atoms with Gasteiger partial charge in [0.15, 0.2) is 0 Å². The van der Waals surface area contributed by atoms with Gasteiger partial charge in [-0.25, -0.2) is 4.98 Å². The molecule has 0 radical (unpaired) electrons. The number of carboxylic acid groups (broad SMARTS) is 1. The maximum absolute atomic E-state index is 13.0. The summed E-state index contributed by atoms with van der Waals surface area (Å²) in [6.45, 7) is 1.11. The molecular weight excluding hydrogens is 334 g/mol. The quantitative estimate of drug-likeness (QED) is 0.857. The third-order valence-corrected chi connectivity index (χ3v) is 5.37. The first-order valence-electron chi connectivity index (χ1n) is 9.20. The minimum atomic E-state index is -0.826. The molecule has 3 unspecified atom stereocenters. The molecule has 2 fully saturated rings. The van der Waals surface area contributed by atoms with E-state index in [1.54, 1.807) is 0 Å². The van der Waals surface area contributed by atoms with Gasteiger partial charge in [0.25, 0.3) is 0 Å². The highest BCUT2D eigenvalue weighted by molar-refractivity contribution is 5.80. The van der Waals surface area contributed by atoms with Crippen LogP contribution in [0.4, 0.5) is 0 Å². The molecule has 7 heteroatoms. The second kappa shape index (κ2) is 7.07. The number of para-hydroxylation sites is 2. The molecule has 0 aliphatic carbocycles. The summed E-state index contributed by atoms with van der Waals surface area (Å²) >= 11 is 0. The lowest BCUT2D eigenvalue weighted by atomic mass is 10.0. The van der Waals surface area contributed by atoms with Gasteiger partial charge in [0.05, 0.1) is 35.7 Å². The number of likely N-dealkylation sites (tertiary alicyclic amines) is 1. The van der Waals surface area contributed by atoms with Crippen molar-refractivity contribution in [1.82, 2.24) is 14.9 Å². The standard InChI is InChI=1S/C19H23N3O4/c23-17(24)8-7-13-10-12(11-26-13)19(25)22-9-3-6-16(22)18-20-14-4-1-2-5-15(14)21-18/h1-2,4-5,12-13,16H,3,6-11H2,(H,20,21)(H,23,24). The van der Waals surface area contributed by atoms with E-state index in [2.05, 4.69) is 9.97 Å². The first-order valence-corrected chi connectivity index (χ1v) is 9.20. The zero-order valence-corrected chi connectivity index (χ0v) is 14.6. The number of benzene rings is 1. The van der Waals surface area contributed by atoms with Crippen molar-refractivity contribution in [2.45, 2.75) is 44.2 Å².